The lowest BCUT2D eigenvalue weighted by molar-refractivity contribution is 0.699. The molecule has 2 aromatic rings. The van der Waals surface area contributed by atoms with Crippen molar-refractivity contribution in [3.63, 3.8) is 0 Å². The van der Waals surface area contributed by atoms with Crippen LogP contribution in [-0.2, 0) is 13.5 Å². The van der Waals surface area contributed by atoms with Gasteiger partial charge in [0.2, 0.25) is 0 Å². The van der Waals surface area contributed by atoms with E-state index in [4.69, 9.17) is 17.3 Å². The van der Waals surface area contributed by atoms with Gasteiger partial charge in [-0.3, -0.25) is 4.68 Å². The summed E-state index contributed by atoms with van der Waals surface area (Å²) in [6.07, 6.45) is 2.72. The van der Waals surface area contributed by atoms with Crippen LogP contribution >= 0.6 is 11.6 Å². The monoisotopic (exact) mass is 264 g/mol. The molecule has 1 aromatic heterocycles. The van der Waals surface area contributed by atoms with Gasteiger partial charge in [-0.15, -0.1) is 0 Å². The molecule has 0 bridgehead atoms. The zero-order chi connectivity index (χ0) is 13.1. The van der Waals surface area contributed by atoms with E-state index in [1.54, 1.807) is 6.07 Å². The number of aryl methyl sites for hydroxylation is 1. The molecular formula is C13H17ClN4. The molecule has 5 heteroatoms. The maximum atomic E-state index is 5.99. The van der Waals surface area contributed by atoms with Crippen LogP contribution in [0.5, 0.6) is 0 Å². The molecule has 2 rings (SSSR count). The summed E-state index contributed by atoms with van der Waals surface area (Å²) in [5, 5.41) is 4.85. The Morgan fingerprint density at radius 1 is 1.39 bits per heavy atom. The van der Waals surface area contributed by atoms with Crippen molar-refractivity contribution in [2.45, 2.75) is 6.42 Å². The molecule has 0 unspecified atom stereocenters. The number of anilines is 2. The Labute approximate surface area is 112 Å². The van der Waals surface area contributed by atoms with Gasteiger partial charge in [0.1, 0.15) is 0 Å². The summed E-state index contributed by atoms with van der Waals surface area (Å²) in [6, 6.07) is 7.54. The van der Waals surface area contributed by atoms with Crippen molar-refractivity contribution in [2.24, 2.45) is 7.05 Å². The Bertz CT molecular complexity index is 536. The molecule has 0 amide bonds. The molecule has 0 radical (unpaired) electrons. The Morgan fingerprint density at radius 3 is 2.83 bits per heavy atom. The molecule has 1 heterocycles. The summed E-state index contributed by atoms with van der Waals surface area (Å²) in [5.41, 5.74) is 8.85. The first-order chi connectivity index (χ1) is 8.58. The highest BCUT2D eigenvalue weighted by atomic mass is 35.5. The van der Waals surface area contributed by atoms with Gasteiger partial charge in [0, 0.05) is 44.0 Å². The van der Waals surface area contributed by atoms with Gasteiger partial charge in [0.05, 0.1) is 11.4 Å². The van der Waals surface area contributed by atoms with Gasteiger partial charge in [-0.2, -0.15) is 5.10 Å². The van der Waals surface area contributed by atoms with Crippen LogP contribution in [0.4, 0.5) is 11.4 Å². The van der Waals surface area contributed by atoms with E-state index in [1.807, 2.05) is 43.2 Å². The maximum Gasteiger partial charge on any atom is 0.0612 e. The van der Waals surface area contributed by atoms with Crippen molar-refractivity contribution >= 4 is 23.0 Å². The van der Waals surface area contributed by atoms with Crippen LogP contribution in [0.15, 0.2) is 30.5 Å². The Hall–Kier alpha value is -1.68. The van der Waals surface area contributed by atoms with Crippen molar-refractivity contribution in [1.82, 2.24) is 9.78 Å². The second kappa shape index (κ2) is 5.31. The zero-order valence-electron chi connectivity index (χ0n) is 10.6. The molecule has 96 valence electrons. The van der Waals surface area contributed by atoms with Gasteiger partial charge < -0.3 is 10.6 Å². The normalized spacial score (nSPS) is 10.6. The van der Waals surface area contributed by atoms with Gasteiger partial charge in [-0.1, -0.05) is 11.6 Å². The molecule has 0 aliphatic heterocycles. The predicted molar refractivity (Wildman–Crippen MR) is 76.0 cm³/mol. The molecule has 0 fully saturated rings. The van der Waals surface area contributed by atoms with Crippen LogP contribution in [0.25, 0.3) is 0 Å². The minimum Gasteiger partial charge on any atom is -0.397 e. The fourth-order valence-corrected chi connectivity index (χ4v) is 2.06. The fraction of sp³-hybridized carbons (Fsp3) is 0.308. The molecule has 0 aliphatic rings. The number of likely N-dealkylation sites (N-methyl/N-ethyl adjacent to an activating group) is 1. The SMILES string of the molecule is CN(CCc1ccnn1C)c1cc(Cl)ccc1N. The van der Waals surface area contributed by atoms with Crippen molar-refractivity contribution in [1.29, 1.82) is 0 Å². The minimum atomic E-state index is 0.701. The molecule has 0 saturated carbocycles. The topological polar surface area (TPSA) is 47.1 Å². The molecule has 18 heavy (non-hydrogen) atoms. The number of nitrogens with two attached hydrogens (primary N) is 1. The number of aromatic nitrogens is 2. The van der Waals surface area contributed by atoms with Crippen molar-refractivity contribution in [3.8, 4) is 0 Å². The first-order valence-corrected chi connectivity index (χ1v) is 6.19. The smallest absolute Gasteiger partial charge is 0.0612 e. The Morgan fingerprint density at radius 2 is 2.17 bits per heavy atom. The summed E-state index contributed by atoms with van der Waals surface area (Å²) in [4.78, 5) is 2.11. The van der Waals surface area contributed by atoms with Crippen molar-refractivity contribution < 1.29 is 0 Å². The Balaban J connectivity index is 2.06. The lowest BCUT2D eigenvalue weighted by Gasteiger charge is -2.21. The van der Waals surface area contributed by atoms with Crippen LogP contribution in [0, 0.1) is 0 Å². The van der Waals surface area contributed by atoms with E-state index in [1.165, 1.54) is 5.69 Å². The Kier molecular flexibility index (Phi) is 3.77. The largest absolute Gasteiger partial charge is 0.397 e. The van der Waals surface area contributed by atoms with Crippen LogP contribution < -0.4 is 10.6 Å². The van der Waals surface area contributed by atoms with Gasteiger partial charge in [-0.05, 0) is 24.3 Å². The standard InChI is InChI=1S/C13H17ClN4/c1-17(8-6-11-5-7-16-18(11)2)13-9-10(14)3-4-12(13)15/h3-5,7,9H,6,8,15H2,1-2H3. The van der Waals surface area contributed by atoms with Gasteiger partial charge in [-0.25, -0.2) is 0 Å². The third-order valence-corrected chi connectivity index (χ3v) is 3.26. The van der Waals surface area contributed by atoms with Crippen LogP contribution in [0.1, 0.15) is 5.69 Å². The molecule has 0 atom stereocenters. The third kappa shape index (κ3) is 2.76. The third-order valence-electron chi connectivity index (χ3n) is 3.03. The average molecular weight is 265 g/mol. The van der Waals surface area contributed by atoms with Gasteiger partial charge in [0.15, 0.2) is 0 Å². The van der Waals surface area contributed by atoms with E-state index >= 15 is 0 Å². The van der Waals surface area contributed by atoms with Gasteiger partial charge in [0.25, 0.3) is 0 Å². The van der Waals surface area contributed by atoms with Crippen molar-refractivity contribution in [3.05, 3.63) is 41.2 Å². The number of hydrogen-bond donors (Lipinski definition) is 1. The highest BCUT2D eigenvalue weighted by molar-refractivity contribution is 6.31. The average Bonchev–Trinajstić information content (AvgIpc) is 2.75. The summed E-state index contributed by atoms with van der Waals surface area (Å²) in [5.74, 6) is 0. The molecular weight excluding hydrogens is 248 g/mol. The van der Waals surface area contributed by atoms with Crippen LogP contribution in [0.3, 0.4) is 0 Å². The van der Waals surface area contributed by atoms with E-state index in [9.17, 15) is 0 Å². The van der Waals surface area contributed by atoms with Crippen LogP contribution in [0.2, 0.25) is 5.02 Å². The zero-order valence-corrected chi connectivity index (χ0v) is 11.4. The van der Waals surface area contributed by atoms with Crippen molar-refractivity contribution in [2.75, 3.05) is 24.2 Å². The number of nitrogens with zero attached hydrogens (tertiary/aromatic N) is 3. The second-order valence-electron chi connectivity index (χ2n) is 4.32. The first kappa shape index (κ1) is 12.8. The van der Waals surface area contributed by atoms with E-state index in [-0.39, 0.29) is 0 Å². The van der Waals surface area contributed by atoms with E-state index in [2.05, 4.69) is 10.00 Å². The molecule has 1 aromatic carbocycles. The first-order valence-electron chi connectivity index (χ1n) is 5.81. The van der Waals surface area contributed by atoms with E-state index in [0.717, 1.165) is 24.3 Å². The number of hydrogen-bond acceptors (Lipinski definition) is 3. The molecule has 4 nitrogen and oxygen atoms in total. The number of benzene rings is 1. The second-order valence-corrected chi connectivity index (χ2v) is 4.76. The molecule has 0 aliphatic carbocycles. The molecule has 0 spiro atoms. The lowest BCUT2D eigenvalue weighted by Crippen LogP contribution is -2.22. The minimum absolute atomic E-state index is 0.701. The highest BCUT2D eigenvalue weighted by Crippen LogP contribution is 2.26. The summed E-state index contributed by atoms with van der Waals surface area (Å²) in [6.45, 7) is 0.865. The summed E-state index contributed by atoms with van der Waals surface area (Å²) >= 11 is 5.99. The summed E-state index contributed by atoms with van der Waals surface area (Å²) in [7, 11) is 3.96. The molecule has 0 saturated heterocycles. The number of rotatable bonds is 4. The lowest BCUT2D eigenvalue weighted by atomic mass is 10.2. The number of halogens is 1. The maximum absolute atomic E-state index is 5.99. The summed E-state index contributed by atoms with van der Waals surface area (Å²) < 4.78 is 1.88. The highest BCUT2D eigenvalue weighted by Gasteiger charge is 2.07. The van der Waals surface area contributed by atoms with Crippen LogP contribution in [-0.4, -0.2) is 23.4 Å². The number of nitrogen functional groups attached to an aromatic ring is 1. The van der Waals surface area contributed by atoms with Gasteiger partial charge >= 0.3 is 0 Å². The fourth-order valence-electron chi connectivity index (χ4n) is 1.90. The van der Waals surface area contributed by atoms with E-state index in [0.29, 0.717) is 5.02 Å². The quantitative estimate of drug-likeness (QED) is 0.863. The predicted octanol–water partition coefficient (Wildman–Crippen LogP) is 2.33. The van der Waals surface area contributed by atoms with E-state index < -0.39 is 0 Å². The molecule has 2 N–H and O–H groups in total.